The monoisotopic (exact) mass is 572 g/mol. The molecule has 1 aromatic heterocycles. The van der Waals surface area contributed by atoms with Crippen LogP contribution >= 0.6 is 11.3 Å². The Morgan fingerprint density at radius 1 is 1.00 bits per heavy atom. The number of sulfonamides is 1. The Kier molecular flexibility index (Phi) is 9.81. The van der Waals surface area contributed by atoms with E-state index in [1.54, 1.807) is 11.4 Å². The number of carboxylic acids is 2. The van der Waals surface area contributed by atoms with Gasteiger partial charge in [-0.3, -0.25) is 14.4 Å². The summed E-state index contributed by atoms with van der Waals surface area (Å²) in [5.41, 5.74) is 0. The normalized spacial score (nSPS) is 23.4. The largest absolute Gasteiger partial charge is 0.548 e. The van der Waals surface area contributed by atoms with Crippen molar-refractivity contribution >= 4 is 51.0 Å². The molecule has 3 rings (SSSR count). The van der Waals surface area contributed by atoms with E-state index in [1.165, 1.54) is 13.2 Å². The first kappa shape index (κ1) is 29.5. The van der Waals surface area contributed by atoms with Crippen LogP contribution in [0.2, 0.25) is 0 Å². The van der Waals surface area contributed by atoms with Crippen molar-refractivity contribution in [1.82, 2.24) is 19.8 Å². The second-order valence-electron chi connectivity index (χ2n) is 9.03. The third-order valence-electron chi connectivity index (χ3n) is 6.29. The molecule has 3 amide bonds. The number of nitrogens with one attached hydrogen (secondary N) is 2. The number of hydrogen-bond acceptors (Lipinski definition) is 11. The number of carbonyl (C=O) groups is 5. The van der Waals surface area contributed by atoms with Crippen molar-refractivity contribution in [2.75, 3.05) is 26.8 Å². The summed E-state index contributed by atoms with van der Waals surface area (Å²) in [6.07, 6.45) is -0.637. The van der Waals surface area contributed by atoms with Gasteiger partial charge in [0, 0.05) is 45.1 Å². The Hall–Kier alpha value is -3.08. The number of thiophene rings is 1. The fourth-order valence-corrected chi connectivity index (χ4v) is 6.88. The molecular weight excluding hydrogens is 544 g/mol. The molecule has 4 unspecified atom stereocenters. The van der Waals surface area contributed by atoms with E-state index in [2.05, 4.69) is 10.0 Å². The maximum atomic E-state index is 12.8. The zero-order valence-electron chi connectivity index (χ0n) is 20.5. The van der Waals surface area contributed by atoms with Crippen LogP contribution < -0.4 is 20.3 Å². The molecule has 0 spiro atoms. The van der Waals surface area contributed by atoms with Gasteiger partial charge in [0.2, 0.25) is 27.7 Å². The summed E-state index contributed by atoms with van der Waals surface area (Å²) >= 11 is 0.996. The van der Waals surface area contributed by atoms with E-state index in [0.29, 0.717) is 0 Å². The average Bonchev–Trinajstić information content (AvgIpc) is 3.58. The van der Waals surface area contributed by atoms with Gasteiger partial charge in [0.25, 0.3) is 0 Å². The Morgan fingerprint density at radius 2 is 1.55 bits per heavy atom. The Bertz CT molecular complexity index is 1160. The van der Waals surface area contributed by atoms with Gasteiger partial charge in [0.15, 0.2) is 0 Å². The quantitative estimate of drug-likeness (QED) is 0.252. The number of ether oxygens (including phenoxy) is 1. The molecule has 14 nitrogen and oxygen atoms in total. The smallest absolute Gasteiger partial charge is 0.250 e. The fraction of sp³-hybridized carbons (Fsp3) is 0.591. The molecule has 1 aromatic rings. The Morgan fingerprint density at radius 3 is 2.05 bits per heavy atom. The molecular formula is C22H28N4O10S2-2. The minimum absolute atomic E-state index is 0.00348. The third kappa shape index (κ3) is 7.27. The highest BCUT2D eigenvalue weighted by Crippen LogP contribution is 2.24. The molecule has 0 saturated carbocycles. The second-order valence-corrected chi connectivity index (χ2v) is 11.9. The van der Waals surface area contributed by atoms with Gasteiger partial charge in [-0.25, -0.2) is 13.1 Å². The number of aliphatic carboxylic acids is 2. The first-order chi connectivity index (χ1) is 17.9. The minimum atomic E-state index is -3.88. The molecule has 4 atom stereocenters. The van der Waals surface area contributed by atoms with Crippen LogP contribution in [-0.4, -0.2) is 98.9 Å². The van der Waals surface area contributed by atoms with Crippen molar-refractivity contribution in [1.29, 1.82) is 0 Å². The molecule has 210 valence electrons. The lowest BCUT2D eigenvalue weighted by molar-refractivity contribution is -0.311. The van der Waals surface area contributed by atoms with Crippen LogP contribution in [0, 0.1) is 0 Å². The minimum Gasteiger partial charge on any atom is -0.548 e. The predicted molar refractivity (Wildman–Crippen MR) is 126 cm³/mol. The lowest BCUT2D eigenvalue weighted by Gasteiger charge is -2.26. The third-order valence-corrected chi connectivity index (χ3v) is 9.21. The number of rotatable bonds is 12. The number of hydrogen-bond donors (Lipinski definition) is 2. The van der Waals surface area contributed by atoms with E-state index >= 15 is 0 Å². The van der Waals surface area contributed by atoms with Crippen LogP contribution in [0.25, 0.3) is 0 Å². The van der Waals surface area contributed by atoms with E-state index in [-0.39, 0.29) is 56.0 Å². The van der Waals surface area contributed by atoms with Gasteiger partial charge >= 0.3 is 0 Å². The summed E-state index contributed by atoms with van der Waals surface area (Å²) in [5.74, 6) is -4.62. The SMILES string of the molecule is COCC(=O)NC1CC(C(=O)[O-])N(C(=O)CCCC(=O)N2CC(NS(=O)(=O)c3cccs3)CC2C(=O)[O-])C1. The number of methoxy groups -OCH3 is 1. The predicted octanol–water partition coefficient (Wildman–Crippen LogP) is -3.60. The highest BCUT2D eigenvalue weighted by atomic mass is 32.2. The van der Waals surface area contributed by atoms with Gasteiger partial charge in [-0.15, -0.1) is 11.3 Å². The maximum absolute atomic E-state index is 12.8. The van der Waals surface area contributed by atoms with Gasteiger partial charge in [0.05, 0.1) is 24.0 Å². The van der Waals surface area contributed by atoms with E-state index < -0.39 is 63.9 Å². The molecule has 0 radical (unpaired) electrons. The summed E-state index contributed by atoms with van der Waals surface area (Å²) in [4.78, 5) is 62.5. The zero-order chi connectivity index (χ0) is 28.0. The molecule has 16 heteroatoms. The topological polar surface area (TPSA) is 205 Å². The van der Waals surface area contributed by atoms with Crippen LogP contribution in [0.15, 0.2) is 21.7 Å². The van der Waals surface area contributed by atoms with E-state index in [0.717, 1.165) is 21.1 Å². The second kappa shape index (κ2) is 12.6. The molecule has 0 bridgehead atoms. The van der Waals surface area contributed by atoms with Crippen molar-refractivity contribution in [2.24, 2.45) is 0 Å². The van der Waals surface area contributed by atoms with Crippen molar-refractivity contribution in [2.45, 2.75) is 60.5 Å². The maximum Gasteiger partial charge on any atom is 0.250 e. The van der Waals surface area contributed by atoms with Crippen LogP contribution in [0.5, 0.6) is 0 Å². The summed E-state index contributed by atoms with van der Waals surface area (Å²) in [5, 5.41) is 27.3. The molecule has 0 aliphatic carbocycles. The first-order valence-corrected chi connectivity index (χ1v) is 14.1. The Labute approximate surface area is 223 Å². The molecule has 0 aromatic carbocycles. The van der Waals surface area contributed by atoms with Crippen molar-refractivity contribution in [3.05, 3.63) is 17.5 Å². The number of likely N-dealkylation sites (tertiary alicyclic amines) is 2. The van der Waals surface area contributed by atoms with Crippen LogP contribution in [0.3, 0.4) is 0 Å². The van der Waals surface area contributed by atoms with Gasteiger partial charge in [-0.05, 0) is 30.7 Å². The van der Waals surface area contributed by atoms with E-state index in [1.807, 2.05) is 0 Å². The van der Waals surface area contributed by atoms with E-state index in [9.17, 15) is 42.6 Å². The molecule has 2 saturated heterocycles. The van der Waals surface area contributed by atoms with Crippen molar-refractivity contribution in [3.63, 3.8) is 0 Å². The lowest BCUT2D eigenvalue weighted by atomic mass is 10.1. The van der Waals surface area contributed by atoms with Crippen LogP contribution in [-0.2, 0) is 38.7 Å². The van der Waals surface area contributed by atoms with Gasteiger partial charge in [-0.2, -0.15) is 0 Å². The Balaban J connectivity index is 1.54. The van der Waals surface area contributed by atoms with Gasteiger partial charge in [0.1, 0.15) is 10.8 Å². The van der Waals surface area contributed by atoms with Crippen molar-refractivity contribution < 1.29 is 47.3 Å². The van der Waals surface area contributed by atoms with Crippen molar-refractivity contribution in [3.8, 4) is 0 Å². The molecule has 2 aliphatic rings. The highest BCUT2D eigenvalue weighted by molar-refractivity contribution is 7.91. The molecule has 2 N–H and O–H groups in total. The molecule has 2 fully saturated rings. The first-order valence-electron chi connectivity index (χ1n) is 11.8. The van der Waals surface area contributed by atoms with Crippen LogP contribution in [0.4, 0.5) is 0 Å². The number of carboxylic acid groups (broad SMARTS) is 2. The van der Waals surface area contributed by atoms with E-state index in [4.69, 9.17) is 4.74 Å². The number of nitrogens with zero attached hydrogens (tertiary/aromatic N) is 2. The number of amides is 3. The van der Waals surface area contributed by atoms with Gasteiger partial charge in [-0.1, -0.05) is 6.07 Å². The summed E-state index contributed by atoms with van der Waals surface area (Å²) in [6, 6.07) is -1.07. The lowest BCUT2D eigenvalue weighted by Crippen LogP contribution is -2.47. The highest BCUT2D eigenvalue weighted by Gasteiger charge is 2.39. The summed E-state index contributed by atoms with van der Waals surface area (Å²) < 4.78 is 32.2. The number of carbonyl (C=O) groups excluding carboxylic acids is 5. The van der Waals surface area contributed by atoms with Crippen LogP contribution in [0.1, 0.15) is 32.1 Å². The molecule has 38 heavy (non-hydrogen) atoms. The zero-order valence-corrected chi connectivity index (χ0v) is 22.1. The molecule has 2 aliphatic heterocycles. The fourth-order valence-electron chi connectivity index (χ4n) is 4.63. The average molecular weight is 573 g/mol. The summed E-state index contributed by atoms with van der Waals surface area (Å²) in [6.45, 7) is -0.453. The van der Waals surface area contributed by atoms with Gasteiger partial charge < -0.3 is 39.7 Å². The summed E-state index contributed by atoms with van der Waals surface area (Å²) in [7, 11) is -2.55. The standard InChI is InChI=1S/C22H30N4O10S2/c1-36-12-17(27)23-13-8-15(21(30)31)25(10-13)18(28)4-2-5-19(29)26-11-14(9-16(26)22(32)33)24-38(34,35)20-6-3-7-37-20/h3,6-7,13-16,24H,2,4-5,8-12H2,1H3,(H,23,27)(H,30,31)(H,32,33)/p-2. The molecule has 3 heterocycles.